The van der Waals surface area contributed by atoms with Crippen LogP contribution in [-0.2, 0) is 4.79 Å². The van der Waals surface area contributed by atoms with Gasteiger partial charge in [-0.3, -0.25) is 4.79 Å². The number of urea groups is 1. The van der Waals surface area contributed by atoms with Crippen LogP contribution in [0.15, 0.2) is 0 Å². The van der Waals surface area contributed by atoms with Crippen LogP contribution in [0, 0.1) is 11.3 Å². The smallest absolute Gasteiger partial charge is 0.317 e. The summed E-state index contributed by atoms with van der Waals surface area (Å²) >= 11 is 0. The van der Waals surface area contributed by atoms with Crippen LogP contribution < -0.4 is 5.32 Å². The summed E-state index contributed by atoms with van der Waals surface area (Å²) in [5.41, 5.74) is -0.779. The van der Waals surface area contributed by atoms with E-state index < -0.39 is 17.5 Å². The van der Waals surface area contributed by atoms with Crippen molar-refractivity contribution in [3.8, 4) is 0 Å². The molecule has 2 unspecified atom stereocenters. The maximum Gasteiger partial charge on any atom is 0.317 e. The van der Waals surface area contributed by atoms with E-state index in [1.807, 2.05) is 0 Å². The molecular weight excluding hydrogens is 260 g/mol. The lowest BCUT2D eigenvalue weighted by atomic mass is 9.86. The normalized spacial score (nSPS) is 26.5. The third-order valence-corrected chi connectivity index (χ3v) is 4.79. The predicted molar refractivity (Wildman–Crippen MR) is 73.3 cm³/mol. The van der Waals surface area contributed by atoms with Crippen molar-refractivity contribution in [2.75, 3.05) is 19.6 Å². The molecule has 1 aliphatic carbocycles. The van der Waals surface area contributed by atoms with Gasteiger partial charge in [-0.1, -0.05) is 12.8 Å². The van der Waals surface area contributed by atoms with Crippen LogP contribution in [0.1, 0.15) is 39.0 Å². The molecule has 3 N–H and O–H groups in total. The molecule has 2 fully saturated rings. The Morgan fingerprint density at radius 1 is 1.40 bits per heavy atom. The SMILES string of the molecule is CC(O)C1CCN(C(=O)NCC2(C(=O)O)CCCC2)C1. The maximum atomic E-state index is 12.1. The molecule has 6 nitrogen and oxygen atoms in total. The number of amides is 2. The first-order chi connectivity index (χ1) is 9.44. The summed E-state index contributed by atoms with van der Waals surface area (Å²) in [6, 6.07) is -0.208. The molecule has 6 heteroatoms. The number of hydrogen-bond donors (Lipinski definition) is 3. The summed E-state index contributed by atoms with van der Waals surface area (Å²) in [7, 11) is 0. The number of nitrogens with zero attached hydrogens (tertiary/aromatic N) is 1. The van der Waals surface area contributed by atoms with Gasteiger partial charge < -0.3 is 20.4 Å². The van der Waals surface area contributed by atoms with Crippen LogP contribution in [-0.4, -0.2) is 52.9 Å². The molecule has 0 spiro atoms. The molecule has 20 heavy (non-hydrogen) atoms. The third kappa shape index (κ3) is 3.06. The van der Waals surface area contributed by atoms with Crippen molar-refractivity contribution in [1.82, 2.24) is 10.2 Å². The van der Waals surface area contributed by atoms with E-state index in [0.717, 1.165) is 19.3 Å². The molecule has 1 aliphatic heterocycles. The molecule has 1 heterocycles. The minimum absolute atomic E-state index is 0.126. The number of hydrogen-bond acceptors (Lipinski definition) is 3. The van der Waals surface area contributed by atoms with E-state index in [4.69, 9.17) is 0 Å². The van der Waals surface area contributed by atoms with Gasteiger partial charge in [0.1, 0.15) is 0 Å². The minimum atomic E-state index is -0.807. The van der Waals surface area contributed by atoms with Gasteiger partial charge in [0.2, 0.25) is 0 Å². The maximum absolute atomic E-state index is 12.1. The van der Waals surface area contributed by atoms with E-state index in [9.17, 15) is 19.8 Å². The van der Waals surface area contributed by atoms with E-state index in [1.165, 1.54) is 0 Å². The van der Waals surface area contributed by atoms with Crippen molar-refractivity contribution in [2.24, 2.45) is 11.3 Å². The first kappa shape index (κ1) is 15.1. The average Bonchev–Trinajstić information content (AvgIpc) is 3.06. The Kier molecular flexibility index (Phi) is 4.52. The molecule has 1 saturated carbocycles. The molecular formula is C14H24N2O4. The first-order valence-corrected chi connectivity index (χ1v) is 7.39. The summed E-state index contributed by atoms with van der Waals surface area (Å²) in [5.74, 6) is -0.681. The Hall–Kier alpha value is -1.30. The molecule has 1 saturated heterocycles. The summed E-state index contributed by atoms with van der Waals surface area (Å²) < 4.78 is 0. The lowest BCUT2D eigenvalue weighted by molar-refractivity contribution is -0.148. The predicted octanol–water partition coefficient (Wildman–Crippen LogP) is 1.04. The molecule has 0 aromatic heterocycles. The van der Waals surface area contributed by atoms with Crippen molar-refractivity contribution in [3.05, 3.63) is 0 Å². The highest BCUT2D eigenvalue weighted by Gasteiger charge is 2.42. The molecule has 2 atom stereocenters. The number of aliphatic hydroxyl groups is 1. The van der Waals surface area contributed by atoms with Crippen molar-refractivity contribution in [3.63, 3.8) is 0 Å². The van der Waals surface area contributed by atoms with Gasteiger partial charge in [-0.25, -0.2) is 4.79 Å². The van der Waals surface area contributed by atoms with Gasteiger partial charge in [0.25, 0.3) is 0 Å². The monoisotopic (exact) mass is 284 g/mol. The number of carboxylic acids is 1. The number of carboxylic acid groups (broad SMARTS) is 1. The van der Waals surface area contributed by atoms with Crippen LogP contribution in [0.5, 0.6) is 0 Å². The van der Waals surface area contributed by atoms with Gasteiger partial charge in [0.15, 0.2) is 0 Å². The van der Waals surface area contributed by atoms with Crippen molar-refractivity contribution in [1.29, 1.82) is 0 Å². The third-order valence-electron chi connectivity index (χ3n) is 4.79. The standard InChI is InChI=1S/C14H24N2O4/c1-10(17)11-4-7-16(8-11)13(20)15-9-14(12(18)19)5-2-3-6-14/h10-11,17H,2-9H2,1H3,(H,15,20)(H,18,19). The Morgan fingerprint density at radius 2 is 2.05 bits per heavy atom. The van der Waals surface area contributed by atoms with Crippen molar-refractivity contribution < 1.29 is 19.8 Å². The number of aliphatic hydroxyl groups excluding tert-OH is 1. The van der Waals surface area contributed by atoms with E-state index in [-0.39, 0.29) is 18.5 Å². The fourth-order valence-corrected chi connectivity index (χ4v) is 3.24. The van der Waals surface area contributed by atoms with E-state index in [1.54, 1.807) is 11.8 Å². The highest BCUT2D eigenvalue weighted by atomic mass is 16.4. The number of aliphatic carboxylic acids is 1. The highest BCUT2D eigenvalue weighted by Crippen LogP contribution is 2.37. The number of nitrogens with one attached hydrogen (secondary N) is 1. The van der Waals surface area contributed by atoms with Gasteiger partial charge >= 0.3 is 12.0 Å². The Bertz CT molecular complexity index is 377. The molecule has 0 aromatic carbocycles. The molecule has 0 radical (unpaired) electrons. The number of carbonyl (C=O) groups is 2. The average molecular weight is 284 g/mol. The summed E-state index contributed by atoms with van der Waals surface area (Å²) in [6.45, 7) is 3.12. The second-order valence-electron chi connectivity index (χ2n) is 6.19. The summed E-state index contributed by atoms with van der Waals surface area (Å²) in [4.78, 5) is 25.1. The largest absolute Gasteiger partial charge is 0.481 e. The van der Waals surface area contributed by atoms with E-state index >= 15 is 0 Å². The van der Waals surface area contributed by atoms with Gasteiger partial charge in [-0.05, 0) is 26.2 Å². The molecule has 0 bridgehead atoms. The molecule has 0 aromatic rings. The fourth-order valence-electron chi connectivity index (χ4n) is 3.24. The highest BCUT2D eigenvalue weighted by molar-refractivity contribution is 5.78. The summed E-state index contributed by atoms with van der Waals surface area (Å²) in [6.07, 6.45) is 3.49. The van der Waals surface area contributed by atoms with Crippen LogP contribution >= 0.6 is 0 Å². The van der Waals surface area contributed by atoms with Gasteiger partial charge in [-0.2, -0.15) is 0 Å². The number of rotatable bonds is 4. The topological polar surface area (TPSA) is 89.9 Å². The molecule has 114 valence electrons. The minimum Gasteiger partial charge on any atom is -0.481 e. The lowest BCUT2D eigenvalue weighted by Gasteiger charge is -2.26. The Morgan fingerprint density at radius 3 is 2.55 bits per heavy atom. The Balaban J connectivity index is 1.85. The van der Waals surface area contributed by atoms with E-state index in [2.05, 4.69) is 5.32 Å². The fraction of sp³-hybridized carbons (Fsp3) is 0.857. The second kappa shape index (κ2) is 5.99. The van der Waals surface area contributed by atoms with Crippen LogP contribution in [0.3, 0.4) is 0 Å². The van der Waals surface area contributed by atoms with E-state index in [0.29, 0.717) is 25.9 Å². The van der Waals surface area contributed by atoms with Gasteiger partial charge in [0, 0.05) is 25.6 Å². The zero-order chi connectivity index (χ0) is 14.8. The quantitative estimate of drug-likeness (QED) is 0.719. The summed E-state index contributed by atoms with van der Waals surface area (Å²) in [5, 5.41) is 21.7. The van der Waals surface area contributed by atoms with Crippen molar-refractivity contribution in [2.45, 2.75) is 45.1 Å². The number of carbonyl (C=O) groups excluding carboxylic acids is 1. The lowest BCUT2D eigenvalue weighted by Crippen LogP contribution is -2.46. The molecule has 2 aliphatic rings. The van der Waals surface area contributed by atoms with Crippen LogP contribution in [0.2, 0.25) is 0 Å². The number of likely N-dealkylation sites (tertiary alicyclic amines) is 1. The Labute approximate surface area is 119 Å². The molecule has 2 amide bonds. The molecule has 2 rings (SSSR count). The zero-order valence-corrected chi connectivity index (χ0v) is 12.0. The zero-order valence-electron chi connectivity index (χ0n) is 12.0. The first-order valence-electron chi connectivity index (χ1n) is 7.39. The van der Waals surface area contributed by atoms with Crippen LogP contribution in [0.4, 0.5) is 4.79 Å². The van der Waals surface area contributed by atoms with Gasteiger partial charge in [0.05, 0.1) is 11.5 Å². The second-order valence-corrected chi connectivity index (χ2v) is 6.19. The van der Waals surface area contributed by atoms with Gasteiger partial charge in [-0.15, -0.1) is 0 Å². The van der Waals surface area contributed by atoms with Crippen LogP contribution in [0.25, 0.3) is 0 Å². The van der Waals surface area contributed by atoms with Crippen molar-refractivity contribution >= 4 is 12.0 Å².